The first-order valence-electron chi connectivity index (χ1n) is 8.77. The van der Waals surface area contributed by atoms with Crippen molar-refractivity contribution in [3.05, 3.63) is 41.3 Å². The number of amides is 1. The largest absolute Gasteiger partial charge is 0.475 e. The maximum absolute atomic E-state index is 12.2. The monoisotopic (exact) mass is 360 g/mol. The summed E-state index contributed by atoms with van der Waals surface area (Å²) in [4.78, 5) is 16.3. The summed E-state index contributed by atoms with van der Waals surface area (Å²) < 4.78 is 13.0. The number of carbonyl (C=O) groups is 1. The lowest BCUT2D eigenvalue weighted by molar-refractivity contribution is -0.0168. The number of carbonyl (C=O) groups excluding carboxylic acids is 1. The molecule has 2 heterocycles. The van der Waals surface area contributed by atoms with Gasteiger partial charge in [0.25, 0.3) is 5.91 Å². The molecule has 7 nitrogen and oxygen atoms in total. The Morgan fingerprint density at radius 2 is 2.00 bits per heavy atom. The van der Waals surface area contributed by atoms with E-state index in [9.17, 15) is 4.79 Å². The third kappa shape index (κ3) is 6.48. The minimum absolute atomic E-state index is 0.165. The van der Waals surface area contributed by atoms with Gasteiger partial charge < -0.3 is 14.8 Å². The number of rotatable bonds is 8. The Morgan fingerprint density at radius 3 is 2.58 bits per heavy atom. The van der Waals surface area contributed by atoms with Gasteiger partial charge in [-0.2, -0.15) is 5.10 Å². The van der Waals surface area contributed by atoms with Crippen LogP contribution < -0.4 is 10.1 Å². The highest BCUT2D eigenvalue weighted by Gasteiger charge is 2.10. The lowest BCUT2D eigenvalue weighted by atomic mass is 10.2. The maximum atomic E-state index is 12.2. The maximum Gasteiger partial charge on any atom is 0.252 e. The fourth-order valence-corrected chi connectivity index (χ4v) is 2.37. The molecule has 0 aliphatic rings. The van der Waals surface area contributed by atoms with E-state index in [0.717, 1.165) is 11.4 Å². The summed E-state index contributed by atoms with van der Waals surface area (Å²) in [5.74, 6) is 0.309. The summed E-state index contributed by atoms with van der Waals surface area (Å²) in [6.45, 7) is 12.0. The summed E-state index contributed by atoms with van der Waals surface area (Å²) >= 11 is 0. The third-order valence-corrected chi connectivity index (χ3v) is 3.58. The van der Waals surface area contributed by atoms with Crippen LogP contribution in [0.15, 0.2) is 24.4 Å². The first kappa shape index (κ1) is 19.9. The number of nitrogens with one attached hydrogen (secondary N) is 1. The van der Waals surface area contributed by atoms with Gasteiger partial charge in [0.1, 0.15) is 6.61 Å². The standard InChI is InChI=1S/C19H28N4O3/c1-14-12-15(2)23(22-14)9-8-20-18(24)16-6-7-17(21-13-16)25-10-11-26-19(3,4)5/h6-7,12-13H,8-11H2,1-5H3,(H,20,24). The van der Waals surface area contributed by atoms with E-state index in [1.54, 1.807) is 12.1 Å². The summed E-state index contributed by atoms with van der Waals surface area (Å²) in [6, 6.07) is 5.40. The van der Waals surface area contributed by atoms with Crippen molar-refractivity contribution < 1.29 is 14.3 Å². The van der Waals surface area contributed by atoms with Gasteiger partial charge in [-0.3, -0.25) is 9.48 Å². The second kappa shape index (κ2) is 8.80. The van der Waals surface area contributed by atoms with Crippen molar-refractivity contribution >= 4 is 5.91 Å². The van der Waals surface area contributed by atoms with Gasteiger partial charge in [0.15, 0.2) is 0 Å². The van der Waals surface area contributed by atoms with Gasteiger partial charge in [0.2, 0.25) is 5.88 Å². The molecule has 1 N–H and O–H groups in total. The summed E-state index contributed by atoms with van der Waals surface area (Å²) in [5.41, 5.74) is 2.36. The van der Waals surface area contributed by atoms with Crippen molar-refractivity contribution in [1.82, 2.24) is 20.1 Å². The molecule has 7 heteroatoms. The van der Waals surface area contributed by atoms with E-state index in [-0.39, 0.29) is 11.5 Å². The molecule has 0 bridgehead atoms. The van der Waals surface area contributed by atoms with Gasteiger partial charge >= 0.3 is 0 Å². The Morgan fingerprint density at radius 1 is 1.23 bits per heavy atom. The number of hydrogen-bond donors (Lipinski definition) is 1. The van der Waals surface area contributed by atoms with Crippen LogP contribution in [0, 0.1) is 13.8 Å². The number of aryl methyl sites for hydroxylation is 2. The van der Waals surface area contributed by atoms with Gasteiger partial charge in [-0.05, 0) is 46.8 Å². The Balaban J connectivity index is 1.74. The predicted octanol–water partition coefficient (Wildman–Crippen LogP) is 2.52. The molecule has 26 heavy (non-hydrogen) atoms. The quantitative estimate of drug-likeness (QED) is 0.732. The molecule has 0 saturated carbocycles. The van der Waals surface area contributed by atoms with Crippen LogP contribution >= 0.6 is 0 Å². The molecule has 2 rings (SSSR count). The van der Waals surface area contributed by atoms with Crippen molar-refractivity contribution in [2.45, 2.75) is 46.8 Å². The zero-order valence-electron chi connectivity index (χ0n) is 16.2. The Hall–Kier alpha value is -2.41. The van der Waals surface area contributed by atoms with Crippen LogP contribution in [0.3, 0.4) is 0 Å². The van der Waals surface area contributed by atoms with Crippen LogP contribution in [0.4, 0.5) is 0 Å². The summed E-state index contributed by atoms with van der Waals surface area (Å²) in [5, 5.41) is 7.24. The van der Waals surface area contributed by atoms with Crippen molar-refractivity contribution in [1.29, 1.82) is 0 Å². The fourth-order valence-electron chi connectivity index (χ4n) is 2.37. The van der Waals surface area contributed by atoms with Crippen molar-refractivity contribution in [2.75, 3.05) is 19.8 Å². The molecule has 0 unspecified atom stereocenters. The lowest BCUT2D eigenvalue weighted by Crippen LogP contribution is -2.27. The molecule has 0 aliphatic carbocycles. The molecule has 2 aromatic heterocycles. The molecule has 0 atom stereocenters. The van der Waals surface area contributed by atoms with Gasteiger partial charge in [0.05, 0.1) is 30.0 Å². The van der Waals surface area contributed by atoms with Crippen LogP contribution in [0.25, 0.3) is 0 Å². The first-order valence-corrected chi connectivity index (χ1v) is 8.77. The average Bonchev–Trinajstić information content (AvgIpc) is 2.89. The number of pyridine rings is 1. The van der Waals surface area contributed by atoms with Crippen molar-refractivity contribution in [3.63, 3.8) is 0 Å². The molecule has 0 aliphatic heterocycles. The van der Waals surface area contributed by atoms with Crippen LogP contribution in [0.1, 0.15) is 42.5 Å². The van der Waals surface area contributed by atoms with Gasteiger partial charge in [-0.25, -0.2) is 4.98 Å². The van der Waals surface area contributed by atoms with Gasteiger partial charge in [0, 0.05) is 24.5 Å². The zero-order chi connectivity index (χ0) is 19.2. The van der Waals surface area contributed by atoms with Crippen molar-refractivity contribution in [2.24, 2.45) is 0 Å². The molecule has 1 amide bonds. The Kier molecular flexibility index (Phi) is 6.74. The highest BCUT2D eigenvalue weighted by atomic mass is 16.5. The van der Waals surface area contributed by atoms with Crippen LogP contribution in [0.5, 0.6) is 5.88 Å². The fraction of sp³-hybridized carbons (Fsp3) is 0.526. The van der Waals surface area contributed by atoms with Crippen molar-refractivity contribution in [3.8, 4) is 5.88 Å². The van der Waals surface area contributed by atoms with E-state index in [4.69, 9.17) is 9.47 Å². The van der Waals surface area contributed by atoms with E-state index in [1.165, 1.54) is 6.20 Å². The summed E-state index contributed by atoms with van der Waals surface area (Å²) in [6.07, 6.45) is 1.51. The highest BCUT2D eigenvalue weighted by molar-refractivity contribution is 5.93. The van der Waals surface area contributed by atoms with E-state index in [2.05, 4.69) is 15.4 Å². The van der Waals surface area contributed by atoms with E-state index >= 15 is 0 Å². The molecule has 0 radical (unpaired) electrons. The smallest absolute Gasteiger partial charge is 0.252 e. The van der Waals surface area contributed by atoms with E-state index < -0.39 is 0 Å². The van der Waals surface area contributed by atoms with Gasteiger partial charge in [-0.15, -0.1) is 0 Å². The number of ether oxygens (including phenoxy) is 2. The average molecular weight is 360 g/mol. The number of hydrogen-bond acceptors (Lipinski definition) is 5. The van der Waals surface area contributed by atoms with Crippen LogP contribution in [0.2, 0.25) is 0 Å². The SMILES string of the molecule is Cc1cc(C)n(CCNC(=O)c2ccc(OCCOC(C)(C)C)nc2)n1. The lowest BCUT2D eigenvalue weighted by Gasteiger charge is -2.19. The Bertz CT molecular complexity index is 717. The predicted molar refractivity (Wildman–Crippen MR) is 99.5 cm³/mol. The second-order valence-corrected chi connectivity index (χ2v) is 7.10. The number of nitrogens with zero attached hydrogens (tertiary/aromatic N) is 3. The minimum atomic E-state index is -0.188. The normalized spacial score (nSPS) is 11.4. The van der Waals surface area contributed by atoms with Crippen LogP contribution in [-0.4, -0.2) is 46.0 Å². The molecule has 0 aromatic carbocycles. The molecule has 142 valence electrons. The number of aromatic nitrogens is 3. The minimum Gasteiger partial charge on any atom is -0.475 e. The first-order chi connectivity index (χ1) is 12.2. The molecular weight excluding hydrogens is 332 g/mol. The molecular formula is C19H28N4O3. The third-order valence-electron chi connectivity index (χ3n) is 3.58. The zero-order valence-corrected chi connectivity index (χ0v) is 16.2. The molecule has 2 aromatic rings. The van der Waals surface area contributed by atoms with E-state index in [0.29, 0.717) is 37.7 Å². The van der Waals surface area contributed by atoms with E-state index in [1.807, 2.05) is 45.4 Å². The van der Waals surface area contributed by atoms with Gasteiger partial charge in [-0.1, -0.05) is 0 Å². The Labute approximate surface area is 154 Å². The second-order valence-electron chi connectivity index (χ2n) is 7.10. The molecule has 0 saturated heterocycles. The molecule has 0 fully saturated rings. The topological polar surface area (TPSA) is 78.3 Å². The van der Waals surface area contributed by atoms with Crippen LogP contribution in [-0.2, 0) is 11.3 Å². The highest BCUT2D eigenvalue weighted by Crippen LogP contribution is 2.09. The summed E-state index contributed by atoms with van der Waals surface area (Å²) in [7, 11) is 0. The molecule has 0 spiro atoms.